The maximum absolute atomic E-state index is 4.49. The van der Waals surface area contributed by atoms with Gasteiger partial charge in [-0.1, -0.05) is 31.2 Å². The molecule has 0 N–H and O–H groups in total. The van der Waals surface area contributed by atoms with Gasteiger partial charge >= 0.3 is 0 Å². The molecule has 0 atom stereocenters. The first-order valence-electron chi connectivity index (χ1n) is 6.14. The van der Waals surface area contributed by atoms with E-state index in [4.69, 9.17) is 0 Å². The van der Waals surface area contributed by atoms with Crippen molar-refractivity contribution in [1.82, 2.24) is 4.98 Å². The molecule has 0 saturated carbocycles. The Hall–Kier alpha value is -1.63. The first-order valence-corrected chi connectivity index (χ1v) is 6.14. The van der Waals surface area contributed by atoms with Crippen LogP contribution in [0.15, 0.2) is 36.6 Å². The predicted molar refractivity (Wildman–Crippen MR) is 76.8 cm³/mol. The minimum atomic E-state index is 1.02. The van der Waals surface area contributed by atoms with E-state index in [2.05, 4.69) is 37.0 Å². The van der Waals surface area contributed by atoms with Crippen LogP contribution in [0.5, 0.6) is 0 Å². The van der Waals surface area contributed by atoms with Gasteiger partial charge in [0.05, 0.1) is 5.69 Å². The van der Waals surface area contributed by atoms with E-state index in [-0.39, 0.29) is 0 Å². The molecule has 1 heteroatoms. The van der Waals surface area contributed by atoms with Crippen LogP contribution in [-0.4, -0.2) is 4.98 Å². The normalized spacial score (nSPS) is 12.8. The Bertz CT molecular complexity index is 451. The first kappa shape index (κ1) is 13.4. The van der Waals surface area contributed by atoms with Crippen LogP contribution >= 0.6 is 0 Å². The molecular formula is C16H21N. The second-order valence-electron chi connectivity index (χ2n) is 4.00. The zero-order chi connectivity index (χ0) is 12.7. The molecule has 0 fully saturated rings. The zero-order valence-electron chi connectivity index (χ0n) is 11.2. The van der Waals surface area contributed by atoms with Gasteiger partial charge in [-0.15, -0.1) is 0 Å². The number of allylic oxidation sites excluding steroid dienone is 5. The highest BCUT2D eigenvalue weighted by Gasteiger charge is 2.02. The van der Waals surface area contributed by atoms with Crippen LogP contribution in [0.4, 0.5) is 0 Å². The maximum atomic E-state index is 4.49. The summed E-state index contributed by atoms with van der Waals surface area (Å²) in [4.78, 5) is 4.49. The lowest BCUT2D eigenvalue weighted by molar-refractivity contribution is 1.18. The Kier molecular flexibility index (Phi) is 5.41. The fraction of sp³-hybridized carbons (Fsp3) is 0.312. The van der Waals surface area contributed by atoms with E-state index in [1.807, 2.05) is 38.3 Å². The van der Waals surface area contributed by atoms with Crippen molar-refractivity contribution in [3.05, 3.63) is 53.4 Å². The summed E-state index contributed by atoms with van der Waals surface area (Å²) < 4.78 is 0. The van der Waals surface area contributed by atoms with Gasteiger partial charge in [-0.3, -0.25) is 4.98 Å². The number of rotatable bonds is 4. The molecule has 1 heterocycles. The molecule has 0 radical (unpaired) electrons. The van der Waals surface area contributed by atoms with E-state index in [0.29, 0.717) is 0 Å². The van der Waals surface area contributed by atoms with Crippen LogP contribution < -0.4 is 0 Å². The summed E-state index contributed by atoms with van der Waals surface area (Å²) in [7, 11) is 0. The van der Waals surface area contributed by atoms with Gasteiger partial charge in [0.25, 0.3) is 0 Å². The average Bonchev–Trinajstić information content (AvgIpc) is 2.33. The third-order valence-electron chi connectivity index (χ3n) is 2.68. The third kappa shape index (κ3) is 3.70. The highest BCUT2D eigenvalue weighted by Crippen LogP contribution is 2.20. The molecule has 0 aromatic carbocycles. The first-order chi connectivity index (χ1) is 8.22. The monoisotopic (exact) mass is 227 g/mol. The molecule has 0 aliphatic heterocycles. The number of nitrogens with zero attached hydrogens (tertiary/aromatic N) is 1. The Morgan fingerprint density at radius 1 is 1.29 bits per heavy atom. The molecular weight excluding hydrogens is 206 g/mol. The van der Waals surface area contributed by atoms with Crippen molar-refractivity contribution in [3.8, 4) is 0 Å². The van der Waals surface area contributed by atoms with Crippen LogP contribution in [0, 0.1) is 6.92 Å². The Balaban J connectivity index is 3.11. The molecule has 0 unspecified atom stereocenters. The molecule has 0 bridgehead atoms. The van der Waals surface area contributed by atoms with Crippen molar-refractivity contribution < 1.29 is 0 Å². The highest BCUT2D eigenvalue weighted by molar-refractivity contribution is 5.67. The number of pyridine rings is 1. The van der Waals surface area contributed by atoms with E-state index in [0.717, 1.165) is 12.1 Å². The second-order valence-corrected chi connectivity index (χ2v) is 4.00. The largest absolute Gasteiger partial charge is 0.256 e. The Morgan fingerprint density at radius 2 is 2.06 bits per heavy atom. The van der Waals surface area contributed by atoms with Crippen LogP contribution in [0.2, 0.25) is 0 Å². The SMILES string of the molecule is C/C=C\C=C(/CC)c1cnc(/C=C\C)c(C)c1. The molecule has 1 aromatic heterocycles. The number of hydrogen-bond acceptors (Lipinski definition) is 1. The number of aromatic nitrogens is 1. The summed E-state index contributed by atoms with van der Waals surface area (Å²) in [5.41, 5.74) is 4.82. The number of hydrogen-bond donors (Lipinski definition) is 0. The maximum Gasteiger partial charge on any atom is 0.0655 e. The average molecular weight is 227 g/mol. The van der Waals surface area contributed by atoms with E-state index in [9.17, 15) is 0 Å². The molecule has 0 spiro atoms. The lowest BCUT2D eigenvalue weighted by atomic mass is 10.0. The lowest BCUT2D eigenvalue weighted by Crippen LogP contribution is -1.91. The van der Waals surface area contributed by atoms with Gasteiger partial charge in [-0.25, -0.2) is 0 Å². The fourth-order valence-corrected chi connectivity index (χ4v) is 1.72. The summed E-state index contributed by atoms with van der Waals surface area (Å²) in [6.45, 7) is 8.32. The molecule has 90 valence electrons. The zero-order valence-corrected chi connectivity index (χ0v) is 11.2. The minimum absolute atomic E-state index is 1.02. The standard InChI is InChI=1S/C16H21N/c1-5-8-10-14(7-3)15-11-13(4)16(9-6-2)17-12-15/h5-6,8-12H,7H2,1-4H3/b8-5-,9-6-,14-10+. The van der Waals surface area contributed by atoms with Gasteiger partial charge < -0.3 is 0 Å². The molecule has 1 rings (SSSR count). The summed E-state index contributed by atoms with van der Waals surface area (Å²) in [6, 6.07) is 2.21. The summed E-state index contributed by atoms with van der Waals surface area (Å²) >= 11 is 0. The van der Waals surface area contributed by atoms with Crippen molar-refractivity contribution in [1.29, 1.82) is 0 Å². The van der Waals surface area contributed by atoms with Gasteiger partial charge in [-0.05, 0) is 56.0 Å². The lowest BCUT2D eigenvalue weighted by Gasteiger charge is -2.07. The molecule has 0 aliphatic carbocycles. The predicted octanol–water partition coefficient (Wildman–Crippen LogP) is 4.79. The van der Waals surface area contributed by atoms with Gasteiger partial charge in [0.2, 0.25) is 0 Å². The van der Waals surface area contributed by atoms with Gasteiger partial charge in [0, 0.05) is 6.20 Å². The van der Waals surface area contributed by atoms with Gasteiger partial charge in [0.15, 0.2) is 0 Å². The topological polar surface area (TPSA) is 12.9 Å². The van der Waals surface area contributed by atoms with Gasteiger partial charge in [-0.2, -0.15) is 0 Å². The Labute approximate surface area is 105 Å². The van der Waals surface area contributed by atoms with Crippen molar-refractivity contribution >= 4 is 11.6 Å². The van der Waals surface area contributed by atoms with E-state index in [1.54, 1.807) is 0 Å². The fourth-order valence-electron chi connectivity index (χ4n) is 1.72. The summed E-state index contributed by atoms with van der Waals surface area (Å²) in [6.07, 6.45) is 13.3. The Morgan fingerprint density at radius 3 is 2.59 bits per heavy atom. The summed E-state index contributed by atoms with van der Waals surface area (Å²) in [5.74, 6) is 0. The van der Waals surface area contributed by atoms with Crippen LogP contribution in [0.25, 0.3) is 11.6 Å². The van der Waals surface area contributed by atoms with E-state index in [1.165, 1.54) is 16.7 Å². The highest BCUT2D eigenvalue weighted by atomic mass is 14.7. The van der Waals surface area contributed by atoms with Crippen molar-refractivity contribution in [3.63, 3.8) is 0 Å². The van der Waals surface area contributed by atoms with Crippen LogP contribution in [0.1, 0.15) is 44.0 Å². The van der Waals surface area contributed by atoms with Crippen molar-refractivity contribution in [2.24, 2.45) is 0 Å². The third-order valence-corrected chi connectivity index (χ3v) is 2.68. The van der Waals surface area contributed by atoms with Crippen molar-refractivity contribution in [2.45, 2.75) is 34.1 Å². The molecule has 0 amide bonds. The van der Waals surface area contributed by atoms with Gasteiger partial charge in [0.1, 0.15) is 0 Å². The van der Waals surface area contributed by atoms with E-state index < -0.39 is 0 Å². The molecule has 0 aliphatic rings. The molecule has 1 nitrogen and oxygen atoms in total. The van der Waals surface area contributed by atoms with Crippen LogP contribution in [-0.2, 0) is 0 Å². The van der Waals surface area contributed by atoms with E-state index >= 15 is 0 Å². The smallest absolute Gasteiger partial charge is 0.0655 e. The number of aryl methyl sites for hydroxylation is 1. The molecule has 17 heavy (non-hydrogen) atoms. The van der Waals surface area contributed by atoms with Crippen LogP contribution in [0.3, 0.4) is 0 Å². The summed E-state index contributed by atoms with van der Waals surface area (Å²) in [5, 5.41) is 0. The second kappa shape index (κ2) is 6.85. The van der Waals surface area contributed by atoms with Crippen molar-refractivity contribution in [2.75, 3.05) is 0 Å². The minimum Gasteiger partial charge on any atom is -0.256 e. The quantitative estimate of drug-likeness (QED) is 0.674. The molecule has 0 saturated heterocycles. The molecule has 1 aromatic rings.